The molecule has 2 atom stereocenters. The van der Waals surface area contributed by atoms with E-state index in [0.29, 0.717) is 11.0 Å². The van der Waals surface area contributed by atoms with Crippen molar-refractivity contribution in [3.8, 4) is 0 Å². The van der Waals surface area contributed by atoms with Gasteiger partial charge in [0, 0.05) is 5.38 Å². The second-order valence-electron chi connectivity index (χ2n) is 6.10. The maximum atomic E-state index is 12.5. The molecule has 1 amide bonds. The smallest absolute Gasteiger partial charge is 0.236 e. The van der Waals surface area contributed by atoms with Crippen LogP contribution in [0.3, 0.4) is 0 Å². The Kier molecular flexibility index (Phi) is 5.79. The summed E-state index contributed by atoms with van der Waals surface area (Å²) in [6.07, 6.45) is 8.71. The molecule has 0 aliphatic heterocycles. The zero-order valence-electron chi connectivity index (χ0n) is 14.2. The summed E-state index contributed by atoms with van der Waals surface area (Å²) in [4.78, 5) is 17.0. The number of rotatable bonds is 6. The van der Waals surface area contributed by atoms with Gasteiger partial charge in [0.1, 0.15) is 0 Å². The average molecular weight is 354 g/mol. The van der Waals surface area contributed by atoms with E-state index >= 15 is 0 Å². The Morgan fingerprint density at radius 3 is 2.84 bits per heavy atom. The number of thiazole rings is 1. The van der Waals surface area contributed by atoms with Crippen molar-refractivity contribution in [1.82, 2.24) is 4.98 Å². The number of nitrogens with zero attached hydrogens (tertiary/aromatic N) is 1. The number of aliphatic hydroxyl groups is 1. The standard InChI is InChI=1S/C20H22N2O2S/c1-2-14-8-10-16(11-9-14)18-13-25-20(21-18)22-19(24)17(12-23)15-6-4-3-5-7-15/h3-8,10-11,13-14,17,23H,2,9,12H2,1H3,(H,21,22,24). The summed E-state index contributed by atoms with van der Waals surface area (Å²) < 4.78 is 0. The van der Waals surface area contributed by atoms with E-state index in [-0.39, 0.29) is 12.5 Å². The third kappa shape index (κ3) is 4.24. The first-order chi connectivity index (χ1) is 12.2. The van der Waals surface area contributed by atoms with Gasteiger partial charge in [0.15, 0.2) is 5.13 Å². The highest BCUT2D eigenvalue weighted by molar-refractivity contribution is 7.14. The van der Waals surface area contributed by atoms with Crippen molar-refractivity contribution in [3.63, 3.8) is 0 Å². The number of allylic oxidation sites excluding steroid dienone is 4. The SMILES string of the molecule is CCC1C=CC(c2csc(NC(=O)C(CO)c3ccccc3)n2)=CC1. The number of nitrogens with one attached hydrogen (secondary N) is 1. The van der Waals surface area contributed by atoms with E-state index in [4.69, 9.17) is 0 Å². The molecule has 0 saturated heterocycles. The molecule has 0 fully saturated rings. The summed E-state index contributed by atoms with van der Waals surface area (Å²) >= 11 is 1.40. The molecule has 5 heteroatoms. The molecule has 2 N–H and O–H groups in total. The number of hydrogen-bond donors (Lipinski definition) is 2. The van der Waals surface area contributed by atoms with Gasteiger partial charge in [-0.05, 0) is 29.9 Å². The lowest BCUT2D eigenvalue weighted by Crippen LogP contribution is -2.23. The lowest BCUT2D eigenvalue weighted by molar-refractivity contribution is -0.118. The lowest BCUT2D eigenvalue weighted by atomic mass is 9.94. The van der Waals surface area contributed by atoms with Crippen LogP contribution in [0.25, 0.3) is 5.57 Å². The van der Waals surface area contributed by atoms with Gasteiger partial charge in [-0.2, -0.15) is 0 Å². The highest BCUT2D eigenvalue weighted by Gasteiger charge is 2.21. The molecule has 3 rings (SSSR count). The van der Waals surface area contributed by atoms with Crippen molar-refractivity contribution in [2.24, 2.45) is 5.92 Å². The van der Waals surface area contributed by atoms with E-state index in [1.54, 1.807) is 0 Å². The average Bonchev–Trinajstić information content (AvgIpc) is 3.12. The molecule has 130 valence electrons. The first-order valence-corrected chi connectivity index (χ1v) is 9.40. The predicted molar refractivity (Wildman–Crippen MR) is 103 cm³/mol. The number of aromatic nitrogens is 1. The fraction of sp³-hybridized carbons (Fsp3) is 0.300. The summed E-state index contributed by atoms with van der Waals surface area (Å²) in [5.41, 5.74) is 2.78. The second kappa shape index (κ2) is 8.23. The van der Waals surface area contributed by atoms with Gasteiger partial charge in [-0.1, -0.05) is 55.5 Å². The third-order valence-corrected chi connectivity index (χ3v) is 5.20. The summed E-state index contributed by atoms with van der Waals surface area (Å²) in [5, 5.41) is 14.9. The molecule has 0 radical (unpaired) electrons. The molecule has 1 aromatic carbocycles. The van der Waals surface area contributed by atoms with Gasteiger partial charge in [-0.3, -0.25) is 4.79 Å². The Morgan fingerprint density at radius 1 is 1.40 bits per heavy atom. The van der Waals surface area contributed by atoms with Crippen LogP contribution in [0.2, 0.25) is 0 Å². The van der Waals surface area contributed by atoms with Crippen LogP contribution in [-0.4, -0.2) is 22.6 Å². The highest BCUT2D eigenvalue weighted by Crippen LogP contribution is 2.28. The number of aliphatic hydroxyl groups excluding tert-OH is 1. The van der Waals surface area contributed by atoms with Crippen molar-refractivity contribution in [2.75, 3.05) is 11.9 Å². The maximum absolute atomic E-state index is 12.5. The van der Waals surface area contributed by atoms with E-state index in [1.165, 1.54) is 11.3 Å². The molecular weight excluding hydrogens is 332 g/mol. The largest absolute Gasteiger partial charge is 0.395 e. The Bertz CT molecular complexity index is 780. The normalized spacial score (nSPS) is 17.8. The zero-order chi connectivity index (χ0) is 17.6. The van der Waals surface area contributed by atoms with Crippen LogP contribution in [0.1, 0.15) is 36.9 Å². The highest BCUT2D eigenvalue weighted by atomic mass is 32.1. The van der Waals surface area contributed by atoms with Crippen LogP contribution >= 0.6 is 11.3 Å². The van der Waals surface area contributed by atoms with E-state index in [1.807, 2.05) is 35.7 Å². The molecule has 1 heterocycles. The summed E-state index contributed by atoms with van der Waals surface area (Å²) in [6, 6.07) is 9.29. The van der Waals surface area contributed by atoms with Crippen LogP contribution in [0.15, 0.2) is 53.9 Å². The molecule has 0 saturated carbocycles. The topological polar surface area (TPSA) is 62.2 Å². The van der Waals surface area contributed by atoms with Gasteiger partial charge in [-0.25, -0.2) is 4.98 Å². The van der Waals surface area contributed by atoms with E-state index in [9.17, 15) is 9.90 Å². The molecule has 2 unspecified atom stereocenters. The van der Waals surface area contributed by atoms with Crippen LogP contribution in [0, 0.1) is 5.92 Å². The van der Waals surface area contributed by atoms with E-state index < -0.39 is 5.92 Å². The molecule has 1 aliphatic rings. The Hall–Kier alpha value is -2.24. The first kappa shape index (κ1) is 17.6. The van der Waals surface area contributed by atoms with Crippen LogP contribution < -0.4 is 5.32 Å². The summed E-state index contributed by atoms with van der Waals surface area (Å²) in [6.45, 7) is 1.95. The minimum absolute atomic E-state index is 0.236. The van der Waals surface area contributed by atoms with E-state index in [0.717, 1.165) is 29.7 Å². The van der Waals surface area contributed by atoms with Crippen molar-refractivity contribution < 1.29 is 9.90 Å². The fourth-order valence-electron chi connectivity index (χ4n) is 2.84. The van der Waals surface area contributed by atoms with Crippen LogP contribution in [0.5, 0.6) is 0 Å². The lowest BCUT2D eigenvalue weighted by Gasteiger charge is -2.13. The summed E-state index contributed by atoms with van der Waals surface area (Å²) in [5.74, 6) is -0.223. The molecule has 1 aliphatic carbocycles. The van der Waals surface area contributed by atoms with Crippen LogP contribution in [0.4, 0.5) is 5.13 Å². The van der Waals surface area contributed by atoms with Crippen LogP contribution in [-0.2, 0) is 4.79 Å². The minimum Gasteiger partial charge on any atom is -0.395 e. The Balaban J connectivity index is 1.68. The number of benzene rings is 1. The number of anilines is 1. The quantitative estimate of drug-likeness (QED) is 0.816. The minimum atomic E-state index is -0.590. The molecular formula is C20H22N2O2S. The second-order valence-corrected chi connectivity index (χ2v) is 6.95. The number of carbonyl (C=O) groups is 1. The molecule has 2 aromatic rings. The number of carbonyl (C=O) groups excluding carboxylic acids is 1. The van der Waals surface area contributed by atoms with Gasteiger partial charge in [-0.15, -0.1) is 11.3 Å². The van der Waals surface area contributed by atoms with Crippen molar-refractivity contribution in [2.45, 2.75) is 25.7 Å². The van der Waals surface area contributed by atoms with Gasteiger partial charge < -0.3 is 10.4 Å². The molecule has 1 aromatic heterocycles. The van der Waals surface area contributed by atoms with Crippen molar-refractivity contribution >= 4 is 27.9 Å². The van der Waals surface area contributed by atoms with Crippen molar-refractivity contribution in [3.05, 3.63) is 65.2 Å². The van der Waals surface area contributed by atoms with Gasteiger partial charge in [0.25, 0.3) is 0 Å². The molecule has 25 heavy (non-hydrogen) atoms. The first-order valence-electron chi connectivity index (χ1n) is 8.52. The molecule has 4 nitrogen and oxygen atoms in total. The predicted octanol–water partition coefficient (Wildman–Crippen LogP) is 4.23. The molecule has 0 bridgehead atoms. The zero-order valence-corrected chi connectivity index (χ0v) is 15.0. The Labute approximate surface area is 151 Å². The summed E-state index contributed by atoms with van der Waals surface area (Å²) in [7, 11) is 0. The Morgan fingerprint density at radius 2 is 2.20 bits per heavy atom. The van der Waals surface area contributed by atoms with Gasteiger partial charge >= 0.3 is 0 Å². The fourth-order valence-corrected chi connectivity index (χ4v) is 3.56. The molecule has 0 spiro atoms. The van der Waals surface area contributed by atoms with Crippen molar-refractivity contribution in [1.29, 1.82) is 0 Å². The monoisotopic (exact) mass is 354 g/mol. The van der Waals surface area contributed by atoms with Gasteiger partial charge in [0.05, 0.1) is 18.2 Å². The number of hydrogen-bond acceptors (Lipinski definition) is 4. The van der Waals surface area contributed by atoms with Gasteiger partial charge in [0.2, 0.25) is 5.91 Å². The number of amides is 1. The maximum Gasteiger partial charge on any atom is 0.236 e. The van der Waals surface area contributed by atoms with E-state index in [2.05, 4.69) is 35.5 Å². The third-order valence-electron chi connectivity index (χ3n) is 4.44.